The van der Waals surface area contributed by atoms with Crippen molar-refractivity contribution < 1.29 is 38.6 Å². The molecule has 1 heterocycles. The van der Waals surface area contributed by atoms with Gasteiger partial charge in [0.25, 0.3) is 0 Å². The topological polar surface area (TPSA) is 172 Å². The standard InChI is InChI=1S/C7H15N2O8P/c8-1-4(11)9-7-6(17-18(13,14)15)5(12)3(2-10)16-7/h3,5-7,10,12H,1-2,8H2,(H,9,11)(H2,13,14,15)/t3-,5-,6-,7?/m1/s1. The number of rotatable bonds is 5. The molecule has 0 aliphatic carbocycles. The van der Waals surface area contributed by atoms with Crippen molar-refractivity contribution in [3.05, 3.63) is 0 Å². The van der Waals surface area contributed by atoms with Gasteiger partial charge in [-0.25, -0.2) is 4.57 Å². The molecule has 1 saturated heterocycles. The molecule has 18 heavy (non-hydrogen) atoms. The van der Waals surface area contributed by atoms with Gasteiger partial charge in [-0.15, -0.1) is 0 Å². The van der Waals surface area contributed by atoms with Gasteiger partial charge in [-0.2, -0.15) is 0 Å². The van der Waals surface area contributed by atoms with Crippen LogP contribution in [-0.2, 0) is 18.6 Å². The van der Waals surface area contributed by atoms with Crippen molar-refractivity contribution >= 4 is 13.7 Å². The number of aliphatic hydroxyl groups is 2. The smallest absolute Gasteiger partial charge is 0.394 e. The number of nitrogens with two attached hydrogens (primary N) is 1. The molecule has 4 atom stereocenters. The first-order valence-electron chi connectivity index (χ1n) is 4.96. The van der Waals surface area contributed by atoms with Crippen LogP contribution in [0.2, 0.25) is 0 Å². The first kappa shape index (κ1) is 15.5. The lowest BCUT2D eigenvalue weighted by Crippen LogP contribution is -2.46. The molecule has 1 fully saturated rings. The van der Waals surface area contributed by atoms with Crippen molar-refractivity contribution in [3.8, 4) is 0 Å². The predicted molar refractivity (Wildman–Crippen MR) is 55.9 cm³/mol. The predicted octanol–water partition coefficient (Wildman–Crippen LogP) is -3.38. The molecule has 11 heteroatoms. The molecule has 0 aromatic carbocycles. The zero-order valence-electron chi connectivity index (χ0n) is 9.17. The summed E-state index contributed by atoms with van der Waals surface area (Å²) in [6.45, 7) is -0.973. The first-order valence-corrected chi connectivity index (χ1v) is 6.49. The molecule has 1 aliphatic heterocycles. The normalized spacial score (nSPS) is 32.5. The van der Waals surface area contributed by atoms with Crippen LogP contribution in [0.1, 0.15) is 0 Å². The maximum atomic E-state index is 11.1. The van der Waals surface area contributed by atoms with E-state index in [1.54, 1.807) is 0 Å². The van der Waals surface area contributed by atoms with Gasteiger partial charge in [0.05, 0.1) is 13.2 Å². The van der Waals surface area contributed by atoms with Gasteiger partial charge >= 0.3 is 7.82 Å². The third-order valence-corrected chi connectivity index (χ3v) is 2.78. The first-order chi connectivity index (χ1) is 8.28. The van der Waals surface area contributed by atoms with E-state index in [1.807, 2.05) is 0 Å². The van der Waals surface area contributed by atoms with Gasteiger partial charge < -0.3 is 35.8 Å². The summed E-state index contributed by atoms with van der Waals surface area (Å²) in [6.07, 6.45) is -5.42. The summed E-state index contributed by atoms with van der Waals surface area (Å²) < 4.78 is 20.1. The summed E-state index contributed by atoms with van der Waals surface area (Å²) in [5.41, 5.74) is 5.05. The molecule has 10 nitrogen and oxygen atoms in total. The van der Waals surface area contributed by atoms with Crippen molar-refractivity contribution in [2.24, 2.45) is 5.73 Å². The SMILES string of the molecule is NCC(=O)NC1O[C@H](CO)[C@@H](O)[C@H]1OP(=O)(O)O. The number of phosphoric ester groups is 1. The lowest BCUT2D eigenvalue weighted by molar-refractivity contribution is -0.126. The third-order valence-electron chi connectivity index (χ3n) is 2.26. The van der Waals surface area contributed by atoms with Crippen molar-refractivity contribution in [2.45, 2.75) is 24.5 Å². The molecule has 0 aromatic rings. The second-order valence-electron chi connectivity index (χ2n) is 3.60. The maximum absolute atomic E-state index is 11.1. The Balaban J connectivity index is 2.78. The minimum Gasteiger partial charge on any atom is -0.394 e. The Kier molecular flexibility index (Phi) is 5.20. The number of amides is 1. The van der Waals surface area contributed by atoms with E-state index in [9.17, 15) is 14.5 Å². The number of carbonyl (C=O) groups is 1. The van der Waals surface area contributed by atoms with Gasteiger partial charge in [0.2, 0.25) is 5.91 Å². The Morgan fingerprint density at radius 2 is 2.11 bits per heavy atom. The second-order valence-corrected chi connectivity index (χ2v) is 4.79. The minimum atomic E-state index is -4.88. The van der Waals surface area contributed by atoms with E-state index in [0.29, 0.717) is 0 Å². The Bertz CT molecular complexity index is 346. The zero-order chi connectivity index (χ0) is 13.9. The average molecular weight is 286 g/mol. The molecule has 0 bridgehead atoms. The van der Waals surface area contributed by atoms with E-state index in [0.717, 1.165) is 0 Å². The Morgan fingerprint density at radius 3 is 2.56 bits per heavy atom. The van der Waals surface area contributed by atoms with Crippen LogP contribution in [0, 0.1) is 0 Å². The maximum Gasteiger partial charge on any atom is 0.470 e. The van der Waals surface area contributed by atoms with Crippen LogP contribution in [0.4, 0.5) is 0 Å². The summed E-state index contributed by atoms with van der Waals surface area (Å²) in [5.74, 6) is -0.662. The summed E-state index contributed by atoms with van der Waals surface area (Å²) in [4.78, 5) is 28.4. The Labute approximate surface area is 102 Å². The number of hydrogen-bond acceptors (Lipinski definition) is 7. The van der Waals surface area contributed by atoms with Crippen molar-refractivity contribution in [3.63, 3.8) is 0 Å². The van der Waals surface area contributed by atoms with Crippen molar-refractivity contribution in [2.75, 3.05) is 13.2 Å². The molecule has 0 radical (unpaired) electrons. The van der Waals surface area contributed by atoms with E-state index in [1.165, 1.54) is 0 Å². The second kappa shape index (κ2) is 6.04. The number of ether oxygens (including phenoxy) is 1. The highest BCUT2D eigenvalue weighted by Gasteiger charge is 2.47. The lowest BCUT2D eigenvalue weighted by Gasteiger charge is -2.21. The number of hydrogen-bond donors (Lipinski definition) is 6. The Hall–Kier alpha value is -0.580. The van der Waals surface area contributed by atoms with E-state index < -0.39 is 44.9 Å². The van der Waals surface area contributed by atoms with E-state index in [-0.39, 0.29) is 6.54 Å². The van der Waals surface area contributed by atoms with Crippen LogP contribution >= 0.6 is 7.82 Å². The van der Waals surface area contributed by atoms with Crippen molar-refractivity contribution in [1.29, 1.82) is 0 Å². The van der Waals surface area contributed by atoms with Gasteiger partial charge in [-0.05, 0) is 0 Å². The van der Waals surface area contributed by atoms with Crippen LogP contribution < -0.4 is 11.1 Å². The molecule has 1 amide bonds. The zero-order valence-corrected chi connectivity index (χ0v) is 10.1. The fourth-order valence-electron chi connectivity index (χ4n) is 1.50. The molecule has 1 rings (SSSR count). The number of carbonyl (C=O) groups excluding carboxylic acids is 1. The molecule has 0 aromatic heterocycles. The quantitative estimate of drug-likeness (QED) is 0.282. The van der Waals surface area contributed by atoms with Crippen LogP contribution in [0.3, 0.4) is 0 Å². The summed E-state index contributed by atoms with van der Waals surface area (Å²) in [5, 5.41) is 20.7. The summed E-state index contributed by atoms with van der Waals surface area (Å²) >= 11 is 0. The number of phosphoric acid groups is 1. The molecule has 1 unspecified atom stereocenters. The average Bonchev–Trinajstić information content (AvgIpc) is 2.55. The van der Waals surface area contributed by atoms with E-state index in [4.69, 9.17) is 25.4 Å². The summed E-state index contributed by atoms with van der Waals surface area (Å²) in [7, 11) is -4.88. The van der Waals surface area contributed by atoms with Gasteiger partial charge in [0.1, 0.15) is 18.3 Å². The molecular weight excluding hydrogens is 271 g/mol. The molecule has 1 aliphatic rings. The van der Waals surface area contributed by atoms with Crippen LogP contribution in [-0.4, -0.2) is 63.6 Å². The van der Waals surface area contributed by atoms with Gasteiger partial charge in [-0.1, -0.05) is 0 Å². The minimum absolute atomic E-state index is 0.373. The van der Waals surface area contributed by atoms with Crippen molar-refractivity contribution in [1.82, 2.24) is 5.32 Å². The largest absolute Gasteiger partial charge is 0.470 e. The molecule has 7 N–H and O–H groups in total. The monoisotopic (exact) mass is 286 g/mol. The van der Waals surface area contributed by atoms with Gasteiger partial charge in [0.15, 0.2) is 6.23 Å². The fourth-order valence-corrected chi connectivity index (χ4v) is 2.05. The molecule has 0 spiro atoms. The highest BCUT2D eigenvalue weighted by atomic mass is 31.2. The van der Waals surface area contributed by atoms with Crippen LogP contribution in [0.5, 0.6) is 0 Å². The highest BCUT2D eigenvalue weighted by Crippen LogP contribution is 2.41. The van der Waals surface area contributed by atoms with Crippen LogP contribution in [0.15, 0.2) is 0 Å². The Morgan fingerprint density at radius 1 is 1.50 bits per heavy atom. The number of aliphatic hydroxyl groups excluding tert-OH is 2. The molecular formula is C7H15N2O8P. The van der Waals surface area contributed by atoms with E-state index >= 15 is 0 Å². The summed E-state index contributed by atoms with van der Waals surface area (Å²) in [6, 6.07) is 0. The van der Waals surface area contributed by atoms with Crippen LogP contribution in [0.25, 0.3) is 0 Å². The van der Waals surface area contributed by atoms with Gasteiger partial charge in [-0.3, -0.25) is 9.32 Å². The highest BCUT2D eigenvalue weighted by molar-refractivity contribution is 7.46. The lowest BCUT2D eigenvalue weighted by atomic mass is 10.1. The fraction of sp³-hybridized carbons (Fsp3) is 0.857. The molecule has 0 saturated carbocycles. The van der Waals surface area contributed by atoms with Gasteiger partial charge in [0, 0.05) is 0 Å². The molecule has 106 valence electrons. The number of nitrogens with one attached hydrogen (secondary N) is 1. The van der Waals surface area contributed by atoms with E-state index in [2.05, 4.69) is 9.84 Å². The third kappa shape index (κ3) is 3.97.